The first-order chi connectivity index (χ1) is 8.05. The van der Waals surface area contributed by atoms with Crippen LogP contribution in [0.3, 0.4) is 0 Å². The van der Waals surface area contributed by atoms with Crippen molar-refractivity contribution in [2.24, 2.45) is 0 Å². The molecule has 0 N–H and O–H groups in total. The number of hydrogen-bond donors (Lipinski definition) is 0. The van der Waals surface area contributed by atoms with Crippen molar-refractivity contribution >= 4 is 11.6 Å². The summed E-state index contributed by atoms with van der Waals surface area (Å²) in [6, 6.07) is 1.75. The van der Waals surface area contributed by atoms with E-state index in [1.165, 1.54) is 10.8 Å². The van der Waals surface area contributed by atoms with Crippen LogP contribution in [0.5, 0.6) is 0 Å². The van der Waals surface area contributed by atoms with Crippen LogP contribution in [0.15, 0.2) is 12.4 Å². The maximum atomic E-state index is 13.2. The molecule has 1 fully saturated rings. The Morgan fingerprint density at radius 3 is 2.94 bits per heavy atom. The van der Waals surface area contributed by atoms with Gasteiger partial charge in [-0.25, -0.2) is 13.8 Å². The highest BCUT2D eigenvalue weighted by atomic mass is 19.3. The first-order valence-electron chi connectivity index (χ1n) is 5.35. The minimum Gasteiger partial charge on any atom is -0.350 e. The molecule has 17 heavy (non-hydrogen) atoms. The molecule has 0 aromatic carbocycles. The molecule has 3 heterocycles. The predicted molar refractivity (Wildman–Crippen MR) is 57.3 cm³/mol. The molecule has 0 aliphatic carbocycles. The molecule has 7 heteroatoms. The van der Waals surface area contributed by atoms with Crippen molar-refractivity contribution in [2.75, 3.05) is 18.0 Å². The van der Waals surface area contributed by atoms with Crippen molar-refractivity contribution in [1.29, 1.82) is 0 Å². The summed E-state index contributed by atoms with van der Waals surface area (Å²) in [7, 11) is 0. The average Bonchev–Trinajstić information content (AvgIpc) is 2.82. The van der Waals surface area contributed by atoms with Gasteiger partial charge in [-0.1, -0.05) is 0 Å². The highest BCUT2D eigenvalue weighted by Gasteiger charge is 2.39. The molecule has 0 spiro atoms. The maximum absolute atomic E-state index is 13.2. The normalized spacial score (nSPS) is 19.1. The van der Waals surface area contributed by atoms with E-state index in [1.54, 1.807) is 11.0 Å². The number of fused-ring (bicyclic) bond motifs is 1. The van der Waals surface area contributed by atoms with Gasteiger partial charge in [0.2, 0.25) is 0 Å². The molecule has 1 saturated heterocycles. The molecule has 0 atom stereocenters. The van der Waals surface area contributed by atoms with E-state index in [9.17, 15) is 8.78 Å². The van der Waals surface area contributed by atoms with Crippen LogP contribution < -0.4 is 4.90 Å². The van der Waals surface area contributed by atoms with Crippen LogP contribution >= 0.6 is 0 Å². The molecule has 1 aliphatic rings. The van der Waals surface area contributed by atoms with Gasteiger partial charge in [0.05, 0.1) is 6.54 Å². The zero-order valence-electron chi connectivity index (χ0n) is 9.27. The molecule has 3 rings (SSSR count). The fraction of sp³-hybridized carbons (Fsp3) is 0.500. The average molecular weight is 239 g/mol. The first kappa shape index (κ1) is 10.4. The lowest BCUT2D eigenvalue weighted by atomic mass is 10.3. The molecular weight excluding hydrogens is 228 g/mol. The second-order valence-electron chi connectivity index (χ2n) is 4.26. The van der Waals surface area contributed by atoms with Crippen molar-refractivity contribution in [3.8, 4) is 0 Å². The number of alkyl halides is 2. The van der Waals surface area contributed by atoms with Crippen molar-refractivity contribution in [3.63, 3.8) is 0 Å². The maximum Gasteiger partial charge on any atom is 0.266 e. The minimum absolute atomic E-state index is 0.120. The van der Waals surface area contributed by atoms with E-state index in [4.69, 9.17) is 0 Å². The number of hydrogen-bond acceptors (Lipinski definition) is 4. The van der Waals surface area contributed by atoms with Gasteiger partial charge in [-0.05, 0) is 6.92 Å². The third-order valence-corrected chi connectivity index (χ3v) is 2.85. The molecular formula is C10H11F2N5. The fourth-order valence-corrected chi connectivity index (χ4v) is 2.07. The second-order valence-corrected chi connectivity index (χ2v) is 4.26. The topological polar surface area (TPSA) is 46.3 Å². The number of anilines is 1. The SMILES string of the molecule is Cc1cc(N2CCC(F)(F)C2)n2ncnc2n1. The molecule has 2 aromatic rings. The first-order valence-corrected chi connectivity index (χ1v) is 5.35. The van der Waals surface area contributed by atoms with Gasteiger partial charge in [0.25, 0.3) is 11.7 Å². The quantitative estimate of drug-likeness (QED) is 0.752. The molecule has 0 saturated carbocycles. The molecule has 0 amide bonds. The molecule has 5 nitrogen and oxygen atoms in total. The van der Waals surface area contributed by atoms with Gasteiger partial charge in [-0.2, -0.15) is 14.6 Å². The van der Waals surface area contributed by atoms with Gasteiger partial charge in [-0.3, -0.25) is 0 Å². The predicted octanol–water partition coefficient (Wildman–Crippen LogP) is 1.28. The Kier molecular flexibility index (Phi) is 2.04. The third kappa shape index (κ3) is 1.71. The molecule has 0 radical (unpaired) electrons. The largest absolute Gasteiger partial charge is 0.350 e. The van der Waals surface area contributed by atoms with Gasteiger partial charge in [0.1, 0.15) is 12.1 Å². The summed E-state index contributed by atoms with van der Waals surface area (Å²) in [4.78, 5) is 9.78. The summed E-state index contributed by atoms with van der Waals surface area (Å²) >= 11 is 0. The Balaban J connectivity index is 2.08. The summed E-state index contributed by atoms with van der Waals surface area (Å²) in [5, 5.41) is 4.01. The van der Waals surface area contributed by atoms with Crippen LogP contribution in [0, 0.1) is 6.92 Å². The third-order valence-electron chi connectivity index (χ3n) is 2.85. The van der Waals surface area contributed by atoms with E-state index in [2.05, 4.69) is 15.1 Å². The second kappa shape index (κ2) is 3.35. The van der Waals surface area contributed by atoms with E-state index in [1.807, 2.05) is 6.92 Å². The van der Waals surface area contributed by atoms with E-state index in [0.29, 0.717) is 18.1 Å². The molecule has 2 aromatic heterocycles. The minimum atomic E-state index is -2.62. The number of rotatable bonds is 1. The monoisotopic (exact) mass is 239 g/mol. The Morgan fingerprint density at radius 2 is 2.24 bits per heavy atom. The van der Waals surface area contributed by atoms with Crippen LogP contribution in [0.25, 0.3) is 5.78 Å². The van der Waals surface area contributed by atoms with Crippen LogP contribution in [-0.2, 0) is 0 Å². The molecule has 0 bridgehead atoms. The number of aryl methyl sites for hydroxylation is 1. The highest BCUT2D eigenvalue weighted by molar-refractivity contribution is 5.48. The molecule has 1 aliphatic heterocycles. The zero-order valence-corrected chi connectivity index (χ0v) is 9.27. The standard InChI is InChI=1S/C10H11F2N5/c1-7-4-8(16-3-2-10(11,12)5-16)17-9(15-7)13-6-14-17/h4,6H,2-3,5H2,1H3. The summed E-state index contributed by atoms with van der Waals surface area (Å²) in [6.07, 6.45) is 1.25. The summed E-state index contributed by atoms with van der Waals surface area (Å²) in [6.45, 7) is 1.86. The van der Waals surface area contributed by atoms with E-state index in [0.717, 1.165) is 5.69 Å². The van der Waals surface area contributed by atoms with Gasteiger partial charge < -0.3 is 4.90 Å². The Hall–Kier alpha value is -1.79. The van der Waals surface area contributed by atoms with E-state index < -0.39 is 5.92 Å². The van der Waals surface area contributed by atoms with Gasteiger partial charge >= 0.3 is 0 Å². The number of nitrogens with zero attached hydrogens (tertiary/aromatic N) is 5. The summed E-state index contributed by atoms with van der Waals surface area (Å²) in [5.41, 5.74) is 0.746. The number of aromatic nitrogens is 4. The van der Waals surface area contributed by atoms with Crippen molar-refractivity contribution in [3.05, 3.63) is 18.1 Å². The Morgan fingerprint density at radius 1 is 1.41 bits per heavy atom. The fourth-order valence-electron chi connectivity index (χ4n) is 2.07. The van der Waals surface area contributed by atoms with Crippen LogP contribution in [0.4, 0.5) is 14.6 Å². The Bertz CT molecular complexity index is 565. The van der Waals surface area contributed by atoms with Gasteiger partial charge in [0.15, 0.2) is 0 Å². The van der Waals surface area contributed by atoms with Crippen molar-refractivity contribution in [1.82, 2.24) is 19.6 Å². The molecule has 0 unspecified atom stereocenters. The zero-order chi connectivity index (χ0) is 12.0. The molecule has 90 valence electrons. The smallest absolute Gasteiger partial charge is 0.266 e. The summed E-state index contributed by atoms with van der Waals surface area (Å²) < 4.78 is 27.9. The summed E-state index contributed by atoms with van der Waals surface area (Å²) in [5.74, 6) is -1.55. The lowest BCUT2D eigenvalue weighted by Gasteiger charge is -2.18. The van der Waals surface area contributed by atoms with Crippen molar-refractivity contribution < 1.29 is 8.78 Å². The highest BCUT2D eigenvalue weighted by Crippen LogP contribution is 2.30. The van der Waals surface area contributed by atoms with Gasteiger partial charge in [0, 0.05) is 24.7 Å². The van der Waals surface area contributed by atoms with Crippen molar-refractivity contribution in [2.45, 2.75) is 19.3 Å². The van der Waals surface area contributed by atoms with Crippen LogP contribution in [0.2, 0.25) is 0 Å². The van der Waals surface area contributed by atoms with Crippen LogP contribution in [-0.4, -0.2) is 38.6 Å². The lowest BCUT2D eigenvalue weighted by molar-refractivity contribution is 0.0256. The Labute approximate surface area is 96.1 Å². The lowest BCUT2D eigenvalue weighted by Crippen LogP contribution is -2.27. The van der Waals surface area contributed by atoms with Crippen LogP contribution in [0.1, 0.15) is 12.1 Å². The number of halogens is 2. The van der Waals surface area contributed by atoms with E-state index in [-0.39, 0.29) is 13.0 Å². The van der Waals surface area contributed by atoms with Gasteiger partial charge in [-0.15, -0.1) is 0 Å². The van der Waals surface area contributed by atoms with E-state index >= 15 is 0 Å².